The molecule has 12 heteroatoms. The summed E-state index contributed by atoms with van der Waals surface area (Å²) < 4.78 is 39.2. The van der Waals surface area contributed by atoms with E-state index in [2.05, 4.69) is 5.32 Å². The molecule has 1 fully saturated rings. The fourth-order valence-electron chi connectivity index (χ4n) is 4.13. The standard InChI is InChI=1S/C21H29F3N4O5/c1-13-11-26(12-20(5,19(2,3)4)27(13)18(30)31)7-6-25-17(29)14-8-15(21(22,23)24)10-16(9-14)28(32)33/h8-10,13H,6-7,11-12H2,1-5H3,(H,25,29)(H,30,31)/t13-,20-/m1/s1. The summed E-state index contributed by atoms with van der Waals surface area (Å²) in [7, 11) is 0. The molecule has 1 aromatic carbocycles. The van der Waals surface area contributed by atoms with Crippen LogP contribution in [0.2, 0.25) is 0 Å². The van der Waals surface area contributed by atoms with Crippen LogP contribution in [-0.4, -0.2) is 69.6 Å². The van der Waals surface area contributed by atoms with Crippen LogP contribution in [0.15, 0.2) is 18.2 Å². The number of carbonyl (C=O) groups excluding carboxylic acids is 1. The van der Waals surface area contributed by atoms with Gasteiger partial charge in [-0.15, -0.1) is 0 Å². The number of carboxylic acid groups (broad SMARTS) is 1. The second kappa shape index (κ2) is 9.16. The second-order valence-corrected chi connectivity index (χ2v) is 9.54. The van der Waals surface area contributed by atoms with Crippen LogP contribution in [0.4, 0.5) is 23.7 Å². The molecule has 0 bridgehead atoms. The Kier molecular flexibility index (Phi) is 7.32. The van der Waals surface area contributed by atoms with Gasteiger partial charge in [-0.1, -0.05) is 20.8 Å². The van der Waals surface area contributed by atoms with E-state index in [0.29, 0.717) is 31.8 Å². The number of hydrogen-bond donors (Lipinski definition) is 2. The van der Waals surface area contributed by atoms with E-state index in [4.69, 9.17) is 0 Å². The fraction of sp³-hybridized carbons (Fsp3) is 0.619. The van der Waals surface area contributed by atoms with Crippen LogP contribution in [0.25, 0.3) is 0 Å². The van der Waals surface area contributed by atoms with E-state index in [1.807, 2.05) is 32.6 Å². The molecule has 2 N–H and O–H groups in total. The molecule has 2 amide bonds. The van der Waals surface area contributed by atoms with Crippen LogP contribution < -0.4 is 5.32 Å². The minimum absolute atomic E-state index is 0.0723. The maximum Gasteiger partial charge on any atom is 0.416 e. The van der Waals surface area contributed by atoms with Crippen molar-refractivity contribution in [2.45, 2.75) is 52.4 Å². The fourth-order valence-corrected chi connectivity index (χ4v) is 4.13. The summed E-state index contributed by atoms with van der Waals surface area (Å²) >= 11 is 0. The Balaban J connectivity index is 2.13. The molecule has 0 unspecified atom stereocenters. The molecule has 0 radical (unpaired) electrons. The average molecular weight is 474 g/mol. The normalized spacial score (nSPS) is 22.2. The van der Waals surface area contributed by atoms with E-state index in [1.54, 1.807) is 6.92 Å². The van der Waals surface area contributed by atoms with Crippen molar-refractivity contribution >= 4 is 17.7 Å². The van der Waals surface area contributed by atoms with Gasteiger partial charge in [0.15, 0.2) is 0 Å². The molecule has 184 valence electrons. The second-order valence-electron chi connectivity index (χ2n) is 9.54. The molecule has 9 nitrogen and oxygen atoms in total. The van der Waals surface area contributed by atoms with E-state index in [9.17, 15) is 38.0 Å². The van der Waals surface area contributed by atoms with Gasteiger partial charge in [-0.05, 0) is 25.3 Å². The van der Waals surface area contributed by atoms with Crippen LogP contribution in [0.5, 0.6) is 0 Å². The molecule has 2 rings (SSSR count). The Bertz CT molecular complexity index is 931. The first-order chi connectivity index (χ1) is 15.0. The highest BCUT2D eigenvalue weighted by Crippen LogP contribution is 2.40. The smallest absolute Gasteiger partial charge is 0.416 e. The number of non-ortho nitro benzene ring substituents is 1. The first kappa shape index (κ1) is 26.4. The van der Waals surface area contributed by atoms with Gasteiger partial charge in [0, 0.05) is 49.9 Å². The highest BCUT2D eigenvalue weighted by atomic mass is 19.4. The molecule has 0 aromatic heterocycles. The first-order valence-electron chi connectivity index (χ1n) is 10.4. The Morgan fingerprint density at radius 3 is 2.36 bits per heavy atom. The number of nitrogens with one attached hydrogen (secondary N) is 1. The van der Waals surface area contributed by atoms with E-state index in [0.717, 1.165) is 6.07 Å². The molecule has 1 aliphatic rings. The maximum atomic E-state index is 13.1. The Hall–Kier alpha value is -2.89. The molecule has 2 atom stereocenters. The summed E-state index contributed by atoms with van der Waals surface area (Å²) in [6, 6.07) is 1.44. The molecule has 33 heavy (non-hydrogen) atoms. The van der Waals surface area contributed by atoms with Crippen molar-refractivity contribution in [2.75, 3.05) is 26.2 Å². The molecular weight excluding hydrogens is 445 g/mol. The number of alkyl halides is 3. The number of nitro benzene ring substituents is 1. The quantitative estimate of drug-likeness (QED) is 0.495. The highest BCUT2D eigenvalue weighted by molar-refractivity contribution is 5.95. The summed E-state index contributed by atoms with van der Waals surface area (Å²) in [6.45, 7) is 10.7. The van der Waals surface area contributed by atoms with Gasteiger partial charge in [-0.3, -0.25) is 24.7 Å². The monoisotopic (exact) mass is 474 g/mol. The number of carbonyl (C=O) groups is 2. The van der Waals surface area contributed by atoms with E-state index < -0.39 is 50.9 Å². The summed E-state index contributed by atoms with van der Waals surface area (Å²) in [4.78, 5) is 37.7. The molecule has 1 heterocycles. The van der Waals surface area contributed by atoms with Gasteiger partial charge in [-0.25, -0.2) is 4.79 Å². The van der Waals surface area contributed by atoms with Crippen LogP contribution in [0.3, 0.4) is 0 Å². The van der Waals surface area contributed by atoms with Crippen molar-refractivity contribution in [1.82, 2.24) is 15.1 Å². The zero-order chi connectivity index (χ0) is 25.4. The van der Waals surface area contributed by atoms with Crippen LogP contribution in [0, 0.1) is 15.5 Å². The lowest BCUT2D eigenvalue weighted by Gasteiger charge is -2.57. The average Bonchev–Trinajstić information content (AvgIpc) is 2.65. The Morgan fingerprint density at radius 2 is 1.88 bits per heavy atom. The number of hydrogen-bond acceptors (Lipinski definition) is 5. The molecule has 0 saturated carbocycles. The number of piperazine rings is 1. The van der Waals surface area contributed by atoms with E-state index in [-0.39, 0.29) is 12.6 Å². The molecule has 0 aliphatic carbocycles. The molecule has 1 aliphatic heterocycles. The van der Waals surface area contributed by atoms with Crippen molar-refractivity contribution in [3.05, 3.63) is 39.4 Å². The van der Waals surface area contributed by atoms with Crippen LogP contribution >= 0.6 is 0 Å². The SMILES string of the molecule is C[C@@H]1CN(CCNC(=O)c2cc([N+](=O)[O-])cc(C(F)(F)F)c2)C[C@](C)(C(C)(C)C)N1C(=O)O. The van der Waals surface area contributed by atoms with Gasteiger partial charge < -0.3 is 10.4 Å². The lowest BCUT2D eigenvalue weighted by Crippen LogP contribution is -2.70. The Labute approximate surface area is 189 Å². The van der Waals surface area contributed by atoms with Crippen LogP contribution in [-0.2, 0) is 6.18 Å². The van der Waals surface area contributed by atoms with Crippen molar-refractivity contribution in [3.63, 3.8) is 0 Å². The van der Waals surface area contributed by atoms with Gasteiger partial charge in [-0.2, -0.15) is 13.2 Å². The third kappa shape index (κ3) is 5.73. The number of benzene rings is 1. The number of rotatable bonds is 5. The van der Waals surface area contributed by atoms with Crippen molar-refractivity contribution < 1.29 is 32.8 Å². The Morgan fingerprint density at radius 1 is 1.27 bits per heavy atom. The topological polar surface area (TPSA) is 116 Å². The van der Waals surface area contributed by atoms with Crippen molar-refractivity contribution in [3.8, 4) is 0 Å². The van der Waals surface area contributed by atoms with E-state index >= 15 is 0 Å². The number of amides is 2. The molecule has 1 saturated heterocycles. The minimum Gasteiger partial charge on any atom is -0.465 e. The summed E-state index contributed by atoms with van der Waals surface area (Å²) in [5.41, 5.74) is -3.67. The number of halogens is 3. The third-order valence-electron chi connectivity index (χ3n) is 6.28. The highest BCUT2D eigenvalue weighted by Gasteiger charge is 2.50. The van der Waals surface area contributed by atoms with Gasteiger partial charge in [0.1, 0.15) is 0 Å². The molecule has 0 spiro atoms. The van der Waals surface area contributed by atoms with Gasteiger partial charge in [0.2, 0.25) is 0 Å². The van der Waals surface area contributed by atoms with Gasteiger partial charge in [0.05, 0.1) is 16.0 Å². The van der Waals surface area contributed by atoms with Gasteiger partial charge in [0.25, 0.3) is 11.6 Å². The zero-order valence-corrected chi connectivity index (χ0v) is 19.2. The lowest BCUT2D eigenvalue weighted by molar-refractivity contribution is -0.385. The lowest BCUT2D eigenvalue weighted by atomic mass is 9.71. The maximum absolute atomic E-state index is 13.1. The summed E-state index contributed by atoms with van der Waals surface area (Å²) in [5.74, 6) is -0.861. The minimum atomic E-state index is -4.83. The van der Waals surface area contributed by atoms with Crippen molar-refractivity contribution in [2.24, 2.45) is 5.41 Å². The van der Waals surface area contributed by atoms with E-state index in [1.165, 1.54) is 4.90 Å². The third-order valence-corrected chi connectivity index (χ3v) is 6.28. The zero-order valence-electron chi connectivity index (χ0n) is 19.2. The molecule has 1 aromatic rings. The molecular formula is C21H29F3N4O5. The summed E-state index contributed by atoms with van der Waals surface area (Å²) in [5, 5.41) is 23.2. The largest absolute Gasteiger partial charge is 0.465 e. The van der Waals surface area contributed by atoms with Gasteiger partial charge >= 0.3 is 12.3 Å². The van der Waals surface area contributed by atoms with Crippen molar-refractivity contribution in [1.29, 1.82) is 0 Å². The predicted octanol–water partition coefficient (Wildman–Crippen LogP) is 3.83. The van der Waals surface area contributed by atoms with Crippen LogP contribution in [0.1, 0.15) is 50.5 Å². The first-order valence-corrected chi connectivity index (χ1v) is 10.4. The number of nitrogens with zero attached hydrogens (tertiary/aromatic N) is 3. The summed E-state index contributed by atoms with van der Waals surface area (Å²) in [6.07, 6.45) is -5.85. The predicted molar refractivity (Wildman–Crippen MR) is 114 cm³/mol. The number of nitro groups is 1.